The molecular formula is C19H23FN4O3. The number of amides is 1. The second-order valence-electron chi connectivity index (χ2n) is 6.93. The predicted molar refractivity (Wildman–Crippen MR) is 97.9 cm³/mol. The van der Waals surface area contributed by atoms with Gasteiger partial charge in [-0.3, -0.25) is 14.5 Å². The van der Waals surface area contributed by atoms with Gasteiger partial charge in [0.15, 0.2) is 5.69 Å². The Morgan fingerprint density at radius 3 is 2.74 bits per heavy atom. The Morgan fingerprint density at radius 2 is 2.07 bits per heavy atom. The van der Waals surface area contributed by atoms with E-state index >= 15 is 0 Å². The highest BCUT2D eigenvalue weighted by Crippen LogP contribution is 2.27. The molecule has 1 atom stereocenters. The van der Waals surface area contributed by atoms with E-state index < -0.39 is 17.2 Å². The fourth-order valence-electron chi connectivity index (χ4n) is 3.33. The zero-order chi connectivity index (χ0) is 19.6. The normalized spacial score (nSPS) is 17.7. The van der Waals surface area contributed by atoms with Crippen LogP contribution in [-0.4, -0.2) is 51.4 Å². The van der Waals surface area contributed by atoms with E-state index in [1.165, 1.54) is 17.0 Å². The lowest BCUT2D eigenvalue weighted by Gasteiger charge is -2.31. The molecule has 1 fully saturated rings. The first-order chi connectivity index (χ1) is 12.9. The topological polar surface area (TPSA) is 89.5 Å². The van der Waals surface area contributed by atoms with Crippen LogP contribution in [0.2, 0.25) is 0 Å². The van der Waals surface area contributed by atoms with Crippen molar-refractivity contribution in [3.63, 3.8) is 0 Å². The summed E-state index contributed by atoms with van der Waals surface area (Å²) in [5.74, 6) is -1.22. The molecule has 27 heavy (non-hydrogen) atoms. The van der Waals surface area contributed by atoms with E-state index in [0.717, 1.165) is 31.4 Å². The number of likely N-dealkylation sites (tertiary alicyclic amines) is 1. The molecule has 0 bridgehead atoms. The average Bonchev–Trinajstić information content (AvgIpc) is 2.65. The van der Waals surface area contributed by atoms with Gasteiger partial charge < -0.3 is 15.0 Å². The minimum Gasteiger partial charge on any atom is -0.501 e. The van der Waals surface area contributed by atoms with Crippen LogP contribution in [0.5, 0.6) is 5.75 Å². The van der Waals surface area contributed by atoms with Crippen molar-refractivity contribution in [2.45, 2.75) is 31.8 Å². The van der Waals surface area contributed by atoms with E-state index in [1.54, 1.807) is 19.2 Å². The molecule has 0 radical (unpaired) electrons. The molecule has 0 aliphatic carbocycles. The molecule has 1 saturated heterocycles. The number of nitrogens with zero attached hydrogens (tertiary/aromatic N) is 3. The van der Waals surface area contributed by atoms with Gasteiger partial charge in [-0.1, -0.05) is 18.6 Å². The quantitative estimate of drug-likeness (QED) is 0.855. The van der Waals surface area contributed by atoms with Gasteiger partial charge in [0.05, 0.1) is 6.04 Å². The molecule has 1 aliphatic rings. The smallest absolute Gasteiger partial charge is 0.293 e. The third kappa shape index (κ3) is 4.16. The van der Waals surface area contributed by atoms with E-state index in [0.29, 0.717) is 5.82 Å². The molecule has 1 aromatic heterocycles. The largest absolute Gasteiger partial charge is 0.501 e. The Balaban J connectivity index is 1.86. The van der Waals surface area contributed by atoms with Crippen LogP contribution in [0.1, 0.15) is 47.2 Å². The second kappa shape index (κ2) is 7.87. The molecule has 3 rings (SSSR count). The minimum absolute atomic E-state index is 0.0963. The van der Waals surface area contributed by atoms with Gasteiger partial charge >= 0.3 is 0 Å². The van der Waals surface area contributed by atoms with Crippen LogP contribution >= 0.6 is 0 Å². The van der Waals surface area contributed by atoms with Gasteiger partial charge in [-0.15, -0.1) is 0 Å². The number of halogens is 1. The number of aromatic hydroxyl groups is 1. The van der Waals surface area contributed by atoms with Gasteiger partial charge in [-0.05, 0) is 44.1 Å². The number of carbonyl (C=O) groups is 1. The fraction of sp³-hybridized carbons (Fsp3) is 0.421. The Kier molecular flexibility index (Phi) is 5.55. The molecule has 7 nitrogen and oxygen atoms in total. The van der Waals surface area contributed by atoms with Gasteiger partial charge in [0, 0.05) is 13.6 Å². The number of benzene rings is 1. The lowest BCUT2D eigenvalue weighted by molar-refractivity contribution is 0.0773. The molecule has 1 unspecified atom stereocenters. The predicted octanol–water partition coefficient (Wildman–Crippen LogP) is 2.04. The molecular weight excluding hydrogens is 351 g/mol. The molecule has 2 aromatic rings. The fourth-order valence-corrected chi connectivity index (χ4v) is 3.33. The average molecular weight is 374 g/mol. The van der Waals surface area contributed by atoms with Crippen molar-refractivity contribution < 1.29 is 14.3 Å². The van der Waals surface area contributed by atoms with E-state index in [-0.39, 0.29) is 24.1 Å². The first kappa shape index (κ1) is 19.0. The maximum Gasteiger partial charge on any atom is 0.293 e. The third-order valence-electron chi connectivity index (χ3n) is 4.88. The number of piperidine rings is 1. The number of hydrogen-bond donors (Lipinski definition) is 2. The lowest BCUT2D eigenvalue weighted by atomic mass is 10.0. The molecule has 8 heteroatoms. The van der Waals surface area contributed by atoms with Gasteiger partial charge in [-0.25, -0.2) is 9.37 Å². The Morgan fingerprint density at radius 1 is 1.37 bits per heavy atom. The summed E-state index contributed by atoms with van der Waals surface area (Å²) in [6.07, 6.45) is 2.90. The number of hydrogen-bond acceptors (Lipinski definition) is 5. The van der Waals surface area contributed by atoms with E-state index in [1.807, 2.05) is 7.05 Å². The Hall–Kier alpha value is -2.74. The zero-order valence-corrected chi connectivity index (χ0v) is 15.4. The minimum atomic E-state index is -0.725. The van der Waals surface area contributed by atoms with Crippen LogP contribution in [0.25, 0.3) is 0 Å². The molecule has 144 valence electrons. The van der Waals surface area contributed by atoms with Crippen molar-refractivity contribution in [3.05, 3.63) is 57.5 Å². The number of H-pyrrole nitrogens is 1. The molecule has 2 N–H and O–H groups in total. The molecule has 2 heterocycles. The number of aromatic nitrogens is 2. The van der Waals surface area contributed by atoms with Crippen LogP contribution < -0.4 is 5.56 Å². The highest BCUT2D eigenvalue weighted by atomic mass is 19.1. The van der Waals surface area contributed by atoms with Crippen LogP contribution in [0.15, 0.2) is 29.1 Å². The summed E-state index contributed by atoms with van der Waals surface area (Å²) in [6.45, 7) is 1.08. The summed E-state index contributed by atoms with van der Waals surface area (Å²) in [6, 6.07) is 5.68. The molecule has 0 saturated carbocycles. The van der Waals surface area contributed by atoms with E-state index in [4.69, 9.17) is 0 Å². The van der Waals surface area contributed by atoms with Crippen molar-refractivity contribution in [1.82, 2.24) is 19.8 Å². The van der Waals surface area contributed by atoms with Crippen molar-refractivity contribution in [3.8, 4) is 5.75 Å². The highest BCUT2D eigenvalue weighted by Gasteiger charge is 2.27. The highest BCUT2D eigenvalue weighted by molar-refractivity contribution is 5.94. The first-order valence-electron chi connectivity index (χ1n) is 8.90. The Bertz CT molecular complexity index is 882. The van der Waals surface area contributed by atoms with Gasteiger partial charge in [0.25, 0.3) is 11.5 Å². The first-order valence-corrected chi connectivity index (χ1v) is 8.90. The van der Waals surface area contributed by atoms with Gasteiger partial charge in [0.2, 0.25) is 5.75 Å². The monoisotopic (exact) mass is 374 g/mol. The van der Waals surface area contributed by atoms with Crippen molar-refractivity contribution in [2.75, 3.05) is 20.6 Å². The number of aromatic amines is 1. The summed E-state index contributed by atoms with van der Waals surface area (Å²) >= 11 is 0. The van der Waals surface area contributed by atoms with Crippen LogP contribution in [0.3, 0.4) is 0 Å². The summed E-state index contributed by atoms with van der Waals surface area (Å²) in [4.78, 5) is 35.2. The molecule has 1 aromatic carbocycles. The zero-order valence-electron chi connectivity index (χ0n) is 15.4. The van der Waals surface area contributed by atoms with Crippen molar-refractivity contribution >= 4 is 5.91 Å². The van der Waals surface area contributed by atoms with Gasteiger partial charge in [-0.2, -0.15) is 0 Å². The maximum absolute atomic E-state index is 13.0. The summed E-state index contributed by atoms with van der Waals surface area (Å²) < 4.78 is 13.0. The third-order valence-corrected chi connectivity index (χ3v) is 4.88. The molecule has 0 spiro atoms. The van der Waals surface area contributed by atoms with Crippen molar-refractivity contribution in [1.29, 1.82) is 0 Å². The Labute approximate surface area is 156 Å². The summed E-state index contributed by atoms with van der Waals surface area (Å²) in [7, 11) is 3.49. The van der Waals surface area contributed by atoms with Crippen LogP contribution in [0, 0.1) is 5.82 Å². The van der Waals surface area contributed by atoms with E-state index in [9.17, 15) is 19.1 Å². The summed E-state index contributed by atoms with van der Waals surface area (Å²) in [5.41, 5.74) is -0.265. The van der Waals surface area contributed by atoms with E-state index in [2.05, 4.69) is 14.9 Å². The molecule has 1 amide bonds. The van der Waals surface area contributed by atoms with Crippen molar-refractivity contribution in [2.24, 2.45) is 0 Å². The lowest BCUT2D eigenvalue weighted by Crippen LogP contribution is -2.34. The summed E-state index contributed by atoms with van der Waals surface area (Å²) in [5, 5.41) is 10.1. The van der Waals surface area contributed by atoms with Crippen LogP contribution in [-0.2, 0) is 6.54 Å². The standard InChI is InChI=1S/C19H23FN4O3/c1-23-10-4-3-5-14(23)17-21-15(16(25)18(26)22-17)19(27)24(2)11-12-6-8-13(20)9-7-12/h6-9,14,25H,3-5,10-11H2,1-2H3,(H,21,22,26). The molecule has 1 aliphatic heterocycles. The number of carbonyl (C=O) groups excluding carboxylic acids is 1. The maximum atomic E-state index is 13.0. The van der Waals surface area contributed by atoms with Gasteiger partial charge in [0.1, 0.15) is 11.6 Å². The van der Waals surface area contributed by atoms with Crippen LogP contribution in [0.4, 0.5) is 4.39 Å². The SMILES string of the molecule is CN(Cc1ccc(F)cc1)C(=O)c1nc(C2CCCCN2C)[nH]c(=O)c1O. The second-order valence-corrected chi connectivity index (χ2v) is 6.93. The number of nitrogens with one attached hydrogen (secondary N) is 1. The number of rotatable bonds is 4.